The Balaban J connectivity index is 2.13. The Morgan fingerprint density at radius 3 is 2.46 bits per heavy atom. The van der Waals surface area contributed by atoms with E-state index in [1.165, 1.54) is 12.1 Å². The summed E-state index contributed by atoms with van der Waals surface area (Å²) in [7, 11) is 0. The Morgan fingerprint density at radius 2 is 1.75 bits per heavy atom. The molecular weight excluding hydrogens is 379 g/mol. The molecular formula is C18H24BrFO4. The molecule has 0 heterocycles. The molecule has 1 aromatic carbocycles. The van der Waals surface area contributed by atoms with Gasteiger partial charge >= 0.3 is 11.9 Å². The van der Waals surface area contributed by atoms with Gasteiger partial charge in [-0.15, -0.1) is 0 Å². The van der Waals surface area contributed by atoms with Crippen LogP contribution in [-0.4, -0.2) is 18.5 Å². The zero-order chi connectivity index (χ0) is 17.8. The number of ether oxygens (including phenoxy) is 2. The van der Waals surface area contributed by atoms with Crippen LogP contribution in [0.1, 0.15) is 57.4 Å². The first-order chi connectivity index (χ1) is 11.5. The minimum absolute atomic E-state index is 0.000941. The number of unbranched alkanes of at least 4 members (excludes halogenated alkanes) is 3. The zero-order valence-corrected chi connectivity index (χ0v) is 15.6. The molecule has 0 atom stereocenters. The molecule has 1 rings (SSSR count). The second-order valence-electron chi connectivity index (χ2n) is 5.53. The molecule has 1 aromatic rings. The van der Waals surface area contributed by atoms with Gasteiger partial charge in [0.25, 0.3) is 0 Å². The van der Waals surface area contributed by atoms with Gasteiger partial charge in [0, 0.05) is 22.9 Å². The maximum Gasteiger partial charge on any atom is 0.306 e. The lowest BCUT2D eigenvalue weighted by Gasteiger charge is -2.07. The van der Waals surface area contributed by atoms with Crippen LogP contribution in [0.15, 0.2) is 22.7 Å². The predicted molar refractivity (Wildman–Crippen MR) is 92.8 cm³/mol. The van der Waals surface area contributed by atoms with Crippen LogP contribution in [0.25, 0.3) is 0 Å². The molecule has 0 N–H and O–H groups in total. The normalized spacial score (nSPS) is 10.5. The fourth-order valence-corrected chi connectivity index (χ4v) is 2.41. The maximum absolute atomic E-state index is 13.1. The van der Waals surface area contributed by atoms with Crippen LogP contribution >= 0.6 is 15.9 Å². The van der Waals surface area contributed by atoms with Crippen molar-refractivity contribution in [2.45, 2.75) is 58.5 Å². The van der Waals surface area contributed by atoms with Crippen molar-refractivity contribution in [3.05, 3.63) is 34.1 Å². The lowest BCUT2D eigenvalue weighted by molar-refractivity contribution is -0.146. The monoisotopic (exact) mass is 402 g/mol. The molecule has 0 saturated carbocycles. The van der Waals surface area contributed by atoms with Gasteiger partial charge in [-0.25, -0.2) is 4.39 Å². The number of carbonyl (C=O) groups excluding carboxylic acids is 2. The molecule has 0 aliphatic carbocycles. The Morgan fingerprint density at radius 1 is 1.04 bits per heavy atom. The van der Waals surface area contributed by atoms with Crippen molar-refractivity contribution < 1.29 is 23.5 Å². The van der Waals surface area contributed by atoms with Crippen LogP contribution in [0.4, 0.5) is 4.39 Å². The minimum Gasteiger partial charge on any atom is -0.466 e. The number of halogens is 2. The molecule has 0 amide bonds. The van der Waals surface area contributed by atoms with E-state index < -0.39 is 5.97 Å². The summed E-state index contributed by atoms with van der Waals surface area (Å²) >= 11 is 3.27. The Labute approximate surface area is 150 Å². The predicted octanol–water partition coefficient (Wildman–Crippen LogP) is 4.93. The Hall–Kier alpha value is -1.43. The van der Waals surface area contributed by atoms with Crippen molar-refractivity contribution in [2.75, 3.05) is 6.61 Å². The summed E-state index contributed by atoms with van der Waals surface area (Å²) < 4.78 is 24.0. The van der Waals surface area contributed by atoms with Crippen LogP contribution in [0.2, 0.25) is 0 Å². The van der Waals surface area contributed by atoms with Crippen molar-refractivity contribution in [3.8, 4) is 0 Å². The minimum atomic E-state index is -0.415. The highest BCUT2D eigenvalue weighted by atomic mass is 79.9. The molecule has 0 aliphatic heterocycles. The van der Waals surface area contributed by atoms with E-state index in [1.807, 2.05) is 0 Å². The quantitative estimate of drug-likeness (QED) is 0.389. The molecule has 0 radical (unpaired) electrons. The largest absolute Gasteiger partial charge is 0.466 e. The molecule has 24 heavy (non-hydrogen) atoms. The molecule has 6 heteroatoms. The van der Waals surface area contributed by atoms with E-state index >= 15 is 0 Å². The van der Waals surface area contributed by atoms with Crippen molar-refractivity contribution in [1.82, 2.24) is 0 Å². The number of benzene rings is 1. The van der Waals surface area contributed by atoms with Crippen molar-refractivity contribution in [1.29, 1.82) is 0 Å². The Bertz CT molecular complexity index is 534. The topological polar surface area (TPSA) is 52.6 Å². The second kappa shape index (κ2) is 12.0. The van der Waals surface area contributed by atoms with Gasteiger partial charge in [-0.3, -0.25) is 9.59 Å². The molecule has 0 unspecified atom stereocenters. The van der Waals surface area contributed by atoms with Crippen molar-refractivity contribution >= 4 is 27.9 Å². The number of esters is 2. The summed E-state index contributed by atoms with van der Waals surface area (Å²) in [6.07, 6.45) is 4.95. The first kappa shape index (κ1) is 20.6. The number of carbonyl (C=O) groups is 2. The first-order valence-corrected chi connectivity index (χ1v) is 9.07. The van der Waals surface area contributed by atoms with Gasteiger partial charge in [0.2, 0.25) is 0 Å². The third-order valence-electron chi connectivity index (χ3n) is 3.42. The molecule has 0 spiro atoms. The Kier molecular flexibility index (Phi) is 10.3. The van der Waals surface area contributed by atoms with Gasteiger partial charge in [-0.2, -0.15) is 0 Å². The van der Waals surface area contributed by atoms with Crippen molar-refractivity contribution in [3.63, 3.8) is 0 Å². The molecule has 0 saturated heterocycles. The lowest BCUT2D eigenvalue weighted by Crippen LogP contribution is -2.09. The smallest absolute Gasteiger partial charge is 0.306 e. The fourth-order valence-electron chi connectivity index (χ4n) is 2.05. The summed E-state index contributed by atoms with van der Waals surface area (Å²) in [5, 5.41) is 0. The van der Waals surface area contributed by atoms with E-state index in [0.717, 1.165) is 25.7 Å². The first-order valence-electron chi connectivity index (χ1n) is 8.28. The van der Waals surface area contributed by atoms with Crippen LogP contribution < -0.4 is 0 Å². The van der Waals surface area contributed by atoms with Gasteiger partial charge in [0.05, 0.1) is 6.61 Å². The van der Waals surface area contributed by atoms with Gasteiger partial charge < -0.3 is 9.47 Å². The third-order valence-corrected chi connectivity index (χ3v) is 4.19. The molecule has 0 aromatic heterocycles. The summed E-state index contributed by atoms with van der Waals surface area (Å²) in [5.41, 5.74) is 0.565. The van der Waals surface area contributed by atoms with E-state index in [4.69, 9.17) is 9.47 Å². The van der Waals surface area contributed by atoms with Gasteiger partial charge in [-0.1, -0.05) is 42.1 Å². The summed E-state index contributed by atoms with van der Waals surface area (Å²) in [4.78, 5) is 23.1. The molecule has 0 bridgehead atoms. The average Bonchev–Trinajstić information content (AvgIpc) is 2.55. The van der Waals surface area contributed by atoms with E-state index in [-0.39, 0.29) is 31.2 Å². The standard InChI is InChI=1S/C18H24BrFO4/c1-2-3-4-5-11-23-17(21)7-6-8-18(22)24-13-14-12-15(20)9-10-16(14)19/h9-10,12H,2-8,11,13H2,1H3. The van der Waals surface area contributed by atoms with Gasteiger partial charge in [0.1, 0.15) is 12.4 Å². The van der Waals surface area contributed by atoms with E-state index in [1.54, 1.807) is 6.07 Å². The van der Waals surface area contributed by atoms with Crippen LogP contribution in [-0.2, 0) is 25.7 Å². The van der Waals surface area contributed by atoms with E-state index in [9.17, 15) is 14.0 Å². The van der Waals surface area contributed by atoms with Crippen LogP contribution in [0.3, 0.4) is 0 Å². The summed E-state index contributed by atoms with van der Waals surface area (Å²) in [6, 6.07) is 4.20. The fraction of sp³-hybridized carbons (Fsp3) is 0.556. The highest BCUT2D eigenvalue weighted by Crippen LogP contribution is 2.19. The van der Waals surface area contributed by atoms with Crippen LogP contribution in [0, 0.1) is 5.82 Å². The summed E-state index contributed by atoms with van der Waals surface area (Å²) in [5.74, 6) is -1.08. The average molecular weight is 403 g/mol. The highest BCUT2D eigenvalue weighted by molar-refractivity contribution is 9.10. The maximum atomic E-state index is 13.1. The highest BCUT2D eigenvalue weighted by Gasteiger charge is 2.09. The molecule has 134 valence electrons. The van der Waals surface area contributed by atoms with Gasteiger partial charge in [-0.05, 0) is 31.0 Å². The SMILES string of the molecule is CCCCCCOC(=O)CCCC(=O)OCc1cc(F)ccc1Br. The third kappa shape index (κ3) is 9.01. The number of hydrogen-bond donors (Lipinski definition) is 0. The summed E-state index contributed by atoms with van der Waals surface area (Å²) in [6.45, 7) is 2.56. The molecule has 4 nitrogen and oxygen atoms in total. The lowest BCUT2D eigenvalue weighted by atomic mass is 10.2. The molecule has 0 aliphatic rings. The number of rotatable bonds is 11. The van der Waals surface area contributed by atoms with E-state index in [0.29, 0.717) is 23.1 Å². The zero-order valence-electron chi connectivity index (χ0n) is 14.0. The van der Waals surface area contributed by atoms with Crippen molar-refractivity contribution in [2.24, 2.45) is 0 Å². The number of hydrogen-bond acceptors (Lipinski definition) is 4. The second-order valence-corrected chi connectivity index (χ2v) is 6.39. The van der Waals surface area contributed by atoms with Crippen LogP contribution in [0.5, 0.6) is 0 Å². The van der Waals surface area contributed by atoms with Gasteiger partial charge in [0.15, 0.2) is 0 Å². The molecule has 0 fully saturated rings. The van der Waals surface area contributed by atoms with E-state index in [2.05, 4.69) is 22.9 Å².